The van der Waals surface area contributed by atoms with E-state index in [9.17, 15) is 14.9 Å². The quantitative estimate of drug-likeness (QED) is 0.598. The smallest absolute Gasteiger partial charge is 0.270 e. The Balaban J connectivity index is 1.85. The number of likely N-dealkylation sites (N-methyl/N-ethyl adjacent to an activating group) is 1. The summed E-state index contributed by atoms with van der Waals surface area (Å²) in [5.41, 5.74) is 0.538. The van der Waals surface area contributed by atoms with Crippen molar-refractivity contribution in [2.75, 3.05) is 25.5 Å². The molecule has 0 unspecified atom stereocenters. The number of carbonyl (C=O) groups is 1. The fourth-order valence-electron chi connectivity index (χ4n) is 3.03. The van der Waals surface area contributed by atoms with Gasteiger partial charge in [0.1, 0.15) is 0 Å². The number of halogens is 1. The molecule has 0 aliphatic heterocycles. The lowest BCUT2D eigenvalue weighted by Crippen LogP contribution is -2.34. The molecule has 1 aliphatic rings. The third-order valence-electron chi connectivity index (χ3n) is 4.15. The molecule has 1 aliphatic carbocycles. The molecule has 1 fully saturated rings. The van der Waals surface area contributed by atoms with Crippen LogP contribution in [-0.2, 0) is 4.79 Å². The fraction of sp³-hybridized carbons (Fsp3) is 0.562. The van der Waals surface area contributed by atoms with E-state index in [1.807, 2.05) is 11.9 Å². The van der Waals surface area contributed by atoms with Gasteiger partial charge in [-0.15, -0.1) is 0 Å². The first-order chi connectivity index (χ1) is 11.0. The van der Waals surface area contributed by atoms with Gasteiger partial charge in [-0.05, 0) is 47.8 Å². The highest BCUT2D eigenvalue weighted by atomic mass is 79.9. The van der Waals surface area contributed by atoms with Crippen molar-refractivity contribution in [3.05, 3.63) is 32.8 Å². The molecule has 1 N–H and O–H groups in total. The van der Waals surface area contributed by atoms with Gasteiger partial charge in [-0.1, -0.05) is 19.3 Å². The number of nitrogens with zero attached hydrogens (tertiary/aromatic N) is 2. The van der Waals surface area contributed by atoms with E-state index in [-0.39, 0.29) is 11.6 Å². The second kappa shape index (κ2) is 8.40. The van der Waals surface area contributed by atoms with Crippen LogP contribution in [0.3, 0.4) is 0 Å². The SMILES string of the molecule is CN(CC(=O)Nc1ccc([N+](=O)[O-])cc1Br)CC1CCCCC1. The molecule has 7 heteroatoms. The maximum Gasteiger partial charge on any atom is 0.270 e. The predicted octanol–water partition coefficient (Wildman–Crippen LogP) is 3.81. The minimum absolute atomic E-state index is 0.00992. The van der Waals surface area contributed by atoms with Gasteiger partial charge in [0.15, 0.2) is 0 Å². The molecule has 0 heterocycles. The summed E-state index contributed by atoms with van der Waals surface area (Å²) in [6.07, 6.45) is 6.41. The van der Waals surface area contributed by atoms with Crippen molar-refractivity contribution in [3.63, 3.8) is 0 Å². The van der Waals surface area contributed by atoms with E-state index in [1.54, 1.807) is 6.07 Å². The van der Waals surface area contributed by atoms with Crippen LogP contribution in [0, 0.1) is 16.0 Å². The molecule has 2 rings (SSSR count). The van der Waals surface area contributed by atoms with E-state index in [1.165, 1.54) is 44.2 Å². The van der Waals surface area contributed by atoms with E-state index >= 15 is 0 Å². The summed E-state index contributed by atoms with van der Waals surface area (Å²) in [5.74, 6) is 0.575. The summed E-state index contributed by atoms with van der Waals surface area (Å²) in [6, 6.07) is 4.31. The Hall–Kier alpha value is -1.47. The number of nitro groups is 1. The average Bonchev–Trinajstić information content (AvgIpc) is 2.49. The van der Waals surface area contributed by atoms with Gasteiger partial charge < -0.3 is 5.32 Å². The van der Waals surface area contributed by atoms with Gasteiger partial charge in [-0.25, -0.2) is 0 Å². The number of benzene rings is 1. The van der Waals surface area contributed by atoms with Crippen molar-refractivity contribution in [1.29, 1.82) is 0 Å². The van der Waals surface area contributed by atoms with Crippen molar-refractivity contribution in [1.82, 2.24) is 4.90 Å². The lowest BCUT2D eigenvalue weighted by atomic mass is 9.89. The van der Waals surface area contributed by atoms with Crippen LogP contribution in [0.15, 0.2) is 22.7 Å². The highest BCUT2D eigenvalue weighted by Crippen LogP contribution is 2.27. The molecular formula is C16H22BrN3O3. The van der Waals surface area contributed by atoms with Crippen molar-refractivity contribution in [2.45, 2.75) is 32.1 Å². The molecule has 126 valence electrons. The number of anilines is 1. The van der Waals surface area contributed by atoms with Gasteiger partial charge in [0.2, 0.25) is 5.91 Å². The molecule has 0 radical (unpaired) electrons. The molecular weight excluding hydrogens is 362 g/mol. The van der Waals surface area contributed by atoms with E-state index in [4.69, 9.17) is 0 Å². The molecule has 0 spiro atoms. The number of non-ortho nitro benzene ring substituents is 1. The third kappa shape index (κ3) is 5.58. The molecule has 23 heavy (non-hydrogen) atoms. The van der Waals surface area contributed by atoms with Crippen LogP contribution in [0.5, 0.6) is 0 Å². The van der Waals surface area contributed by atoms with Crippen molar-refractivity contribution >= 4 is 33.2 Å². The molecule has 0 bridgehead atoms. The topological polar surface area (TPSA) is 75.5 Å². The standard InChI is InChI=1S/C16H22BrN3O3/c1-19(10-12-5-3-2-4-6-12)11-16(21)18-15-8-7-13(20(22)23)9-14(15)17/h7-9,12H,2-6,10-11H2,1H3,(H,18,21). The maximum atomic E-state index is 12.1. The first-order valence-electron chi connectivity index (χ1n) is 7.88. The zero-order valence-corrected chi connectivity index (χ0v) is 14.8. The fourth-order valence-corrected chi connectivity index (χ4v) is 3.49. The lowest BCUT2D eigenvalue weighted by molar-refractivity contribution is -0.384. The summed E-state index contributed by atoms with van der Waals surface area (Å²) in [4.78, 5) is 24.4. The first-order valence-corrected chi connectivity index (χ1v) is 8.67. The molecule has 1 aromatic carbocycles. The summed E-state index contributed by atoms with van der Waals surface area (Å²) in [6.45, 7) is 1.26. The first kappa shape index (κ1) is 17.9. The van der Waals surface area contributed by atoms with Crippen LogP contribution in [0.25, 0.3) is 0 Å². The Morgan fingerprint density at radius 2 is 2.09 bits per heavy atom. The summed E-state index contributed by atoms with van der Waals surface area (Å²) >= 11 is 3.26. The number of rotatable bonds is 6. The Morgan fingerprint density at radius 3 is 2.70 bits per heavy atom. The van der Waals surface area contributed by atoms with Crippen LogP contribution in [0.4, 0.5) is 11.4 Å². The lowest BCUT2D eigenvalue weighted by Gasteiger charge is -2.26. The Bertz CT molecular complexity index is 574. The minimum atomic E-state index is -0.464. The van der Waals surface area contributed by atoms with Crippen molar-refractivity contribution in [2.24, 2.45) is 5.92 Å². The molecule has 1 aromatic rings. The summed E-state index contributed by atoms with van der Waals surface area (Å²) in [7, 11) is 1.96. The van der Waals surface area contributed by atoms with Crippen LogP contribution in [0.2, 0.25) is 0 Å². The number of hydrogen-bond donors (Lipinski definition) is 1. The second-order valence-corrected chi connectivity index (χ2v) is 7.02. The van der Waals surface area contributed by atoms with Crippen LogP contribution in [-0.4, -0.2) is 35.9 Å². The number of nitrogens with one attached hydrogen (secondary N) is 1. The normalized spacial score (nSPS) is 15.6. The molecule has 0 atom stereocenters. The number of amides is 1. The molecule has 1 saturated carbocycles. The Labute approximate surface area is 144 Å². The number of hydrogen-bond acceptors (Lipinski definition) is 4. The van der Waals surface area contributed by atoms with Crippen molar-refractivity contribution < 1.29 is 9.72 Å². The maximum absolute atomic E-state index is 12.1. The van der Waals surface area contributed by atoms with E-state index in [0.717, 1.165) is 6.54 Å². The van der Waals surface area contributed by atoms with E-state index in [2.05, 4.69) is 21.2 Å². The molecule has 0 saturated heterocycles. The van der Waals surface area contributed by atoms with Gasteiger partial charge in [0.05, 0.1) is 17.2 Å². The predicted molar refractivity (Wildman–Crippen MR) is 93.5 cm³/mol. The molecule has 1 amide bonds. The van der Waals surface area contributed by atoms with Crippen LogP contribution < -0.4 is 5.32 Å². The average molecular weight is 384 g/mol. The van der Waals surface area contributed by atoms with Gasteiger partial charge in [-0.3, -0.25) is 19.8 Å². The largest absolute Gasteiger partial charge is 0.324 e. The summed E-state index contributed by atoms with van der Waals surface area (Å²) in [5, 5.41) is 13.5. The van der Waals surface area contributed by atoms with Gasteiger partial charge in [-0.2, -0.15) is 0 Å². The van der Waals surface area contributed by atoms with Gasteiger partial charge in [0, 0.05) is 23.2 Å². The summed E-state index contributed by atoms with van der Waals surface area (Å²) < 4.78 is 0.509. The van der Waals surface area contributed by atoms with Gasteiger partial charge >= 0.3 is 0 Å². The monoisotopic (exact) mass is 383 g/mol. The zero-order valence-electron chi connectivity index (χ0n) is 13.3. The minimum Gasteiger partial charge on any atom is -0.324 e. The number of nitro benzene ring substituents is 1. The zero-order chi connectivity index (χ0) is 16.8. The molecule has 0 aromatic heterocycles. The van der Waals surface area contributed by atoms with Gasteiger partial charge in [0.25, 0.3) is 5.69 Å². The Morgan fingerprint density at radius 1 is 1.39 bits per heavy atom. The third-order valence-corrected chi connectivity index (χ3v) is 4.80. The molecule has 6 nitrogen and oxygen atoms in total. The highest BCUT2D eigenvalue weighted by Gasteiger charge is 2.17. The second-order valence-electron chi connectivity index (χ2n) is 6.17. The number of carbonyl (C=O) groups excluding carboxylic acids is 1. The van der Waals surface area contributed by atoms with E-state index in [0.29, 0.717) is 22.6 Å². The van der Waals surface area contributed by atoms with E-state index < -0.39 is 4.92 Å². The highest BCUT2D eigenvalue weighted by molar-refractivity contribution is 9.10. The van der Waals surface area contributed by atoms with Crippen LogP contribution >= 0.6 is 15.9 Å². The van der Waals surface area contributed by atoms with Crippen molar-refractivity contribution in [3.8, 4) is 0 Å². The van der Waals surface area contributed by atoms with Crippen LogP contribution in [0.1, 0.15) is 32.1 Å². The Kier molecular flexibility index (Phi) is 6.53.